The number of halogens is 2. The maximum atomic E-state index is 13.5. The second kappa shape index (κ2) is 3.73. The van der Waals surface area contributed by atoms with Crippen molar-refractivity contribution in [3.63, 3.8) is 0 Å². The number of fused-ring (bicyclic) bond motifs is 1. The maximum Gasteiger partial charge on any atom is 0.189 e. The molecule has 1 heterocycles. The highest BCUT2D eigenvalue weighted by molar-refractivity contribution is 6.07. The van der Waals surface area contributed by atoms with E-state index in [1.54, 1.807) is 0 Å². The third kappa shape index (κ3) is 1.44. The van der Waals surface area contributed by atoms with Crippen LogP contribution in [-0.4, -0.2) is 16.0 Å². The molecule has 0 bridgehead atoms. The number of nitrogens with two attached hydrogens (primary N) is 1. The molecule has 0 amide bonds. The summed E-state index contributed by atoms with van der Waals surface area (Å²) in [5.41, 5.74) is 5.24. The first-order valence-electron chi connectivity index (χ1n) is 4.35. The van der Waals surface area contributed by atoms with Crippen LogP contribution in [-0.2, 0) is 0 Å². The Kier molecular flexibility index (Phi) is 2.40. The molecule has 3 N–H and O–H groups in total. The SMILES string of the molecule is NC(=NO)c1nccc2c(F)ccc(F)c12. The van der Waals surface area contributed by atoms with Gasteiger partial charge in [-0.05, 0) is 18.2 Å². The van der Waals surface area contributed by atoms with Crippen molar-refractivity contribution in [2.75, 3.05) is 0 Å². The van der Waals surface area contributed by atoms with Crippen LogP contribution in [0.25, 0.3) is 10.8 Å². The van der Waals surface area contributed by atoms with Crippen LogP contribution < -0.4 is 5.73 Å². The third-order valence-corrected chi connectivity index (χ3v) is 2.17. The van der Waals surface area contributed by atoms with Crippen LogP contribution in [0.15, 0.2) is 29.6 Å². The molecule has 82 valence electrons. The fraction of sp³-hybridized carbons (Fsp3) is 0. The van der Waals surface area contributed by atoms with E-state index >= 15 is 0 Å². The zero-order valence-electron chi connectivity index (χ0n) is 7.98. The van der Waals surface area contributed by atoms with Gasteiger partial charge >= 0.3 is 0 Å². The highest BCUT2D eigenvalue weighted by atomic mass is 19.1. The largest absolute Gasteiger partial charge is 0.409 e. The number of hydrogen-bond donors (Lipinski definition) is 2. The van der Waals surface area contributed by atoms with E-state index in [9.17, 15) is 8.78 Å². The summed E-state index contributed by atoms with van der Waals surface area (Å²) in [7, 11) is 0. The van der Waals surface area contributed by atoms with Gasteiger partial charge in [0.15, 0.2) is 5.84 Å². The number of aromatic nitrogens is 1. The first-order valence-corrected chi connectivity index (χ1v) is 4.35. The van der Waals surface area contributed by atoms with Gasteiger partial charge in [-0.15, -0.1) is 0 Å². The number of rotatable bonds is 1. The van der Waals surface area contributed by atoms with E-state index in [0.29, 0.717) is 0 Å². The van der Waals surface area contributed by atoms with Gasteiger partial charge in [-0.1, -0.05) is 5.16 Å². The van der Waals surface area contributed by atoms with Crippen LogP contribution in [0.1, 0.15) is 5.69 Å². The lowest BCUT2D eigenvalue weighted by Crippen LogP contribution is -2.16. The summed E-state index contributed by atoms with van der Waals surface area (Å²) in [6.07, 6.45) is 1.26. The molecule has 0 unspecified atom stereocenters. The molecule has 1 aromatic heterocycles. The van der Waals surface area contributed by atoms with Crippen molar-refractivity contribution >= 4 is 16.6 Å². The average molecular weight is 223 g/mol. The van der Waals surface area contributed by atoms with Gasteiger partial charge in [0.05, 0.1) is 5.39 Å². The molecule has 2 rings (SSSR count). The molecule has 6 heteroatoms. The van der Waals surface area contributed by atoms with Crippen molar-refractivity contribution < 1.29 is 14.0 Å². The van der Waals surface area contributed by atoms with Gasteiger partial charge in [-0.25, -0.2) is 8.78 Å². The normalized spacial score (nSPS) is 12.0. The molecule has 0 aliphatic heterocycles. The standard InChI is InChI=1S/C10H7F2N3O/c11-6-1-2-7(12)8-5(6)3-4-14-9(8)10(13)15-16/h1-4,16H,(H2,13,15). The Morgan fingerprint density at radius 1 is 1.25 bits per heavy atom. The molecule has 0 radical (unpaired) electrons. The van der Waals surface area contributed by atoms with Gasteiger partial charge in [0.25, 0.3) is 0 Å². The van der Waals surface area contributed by atoms with Crippen LogP contribution in [0, 0.1) is 11.6 Å². The molecule has 2 aromatic rings. The van der Waals surface area contributed by atoms with E-state index in [1.807, 2.05) is 0 Å². The molecular weight excluding hydrogens is 216 g/mol. The van der Waals surface area contributed by atoms with E-state index in [2.05, 4.69) is 10.1 Å². The van der Waals surface area contributed by atoms with Crippen LogP contribution >= 0.6 is 0 Å². The summed E-state index contributed by atoms with van der Waals surface area (Å²) in [5, 5.41) is 11.2. The number of pyridine rings is 1. The van der Waals surface area contributed by atoms with Crippen LogP contribution in [0.3, 0.4) is 0 Å². The fourth-order valence-corrected chi connectivity index (χ4v) is 1.46. The van der Waals surface area contributed by atoms with Crippen molar-refractivity contribution in [2.45, 2.75) is 0 Å². The van der Waals surface area contributed by atoms with Crippen LogP contribution in [0.4, 0.5) is 8.78 Å². The topological polar surface area (TPSA) is 71.5 Å². The lowest BCUT2D eigenvalue weighted by atomic mass is 10.1. The molecule has 0 aliphatic rings. The van der Waals surface area contributed by atoms with E-state index in [4.69, 9.17) is 10.9 Å². The number of amidine groups is 1. The average Bonchev–Trinajstić information content (AvgIpc) is 2.32. The van der Waals surface area contributed by atoms with Crippen molar-refractivity contribution in [1.29, 1.82) is 0 Å². The smallest absolute Gasteiger partial charge is 0.189 e. The Morgan fingerprint density at radius 2 is 1.94 bits per heavy atom. The fourth-order valence-electron chi connectivity index (χ4n) is 1.46. The zero-order chi connectivity index (χ0) is 11.7. The Bertz CT molecular complexity index is 584. The van der Waals surface area contributed by atoms with Gasteiger partial charge in [-0.2, -0.15) is 0 Å². The quantitative estimate of drug-likeness (QED) is 0.334. The first-order chi connectivity index (χ1) is 7.65. The van der Waals surface area contributed by atoms with Gasteiger partial charge < -0.3 is 10.9 Å². The number of oxime groups is 1. The number of nitrogens with zero attached hydrogens (tertiary/aromatic N) is 2. The van der Waals surface area contributed by atoms with Crippen LogP contribution in [0.5, 0.6) is 0 Å². The molecule has 0 aliphatic carbocycles. The molecule has 0 saturated heterocycles. The van der Waals surface area contributed by atoms with Crippen molar-refractivity contribution in [1.82, 2.24) is 4.98 Å². The Balaban J connectivity index is 2.92. The summed E-state index contributed by atoms with van der Waals surface area (Å²) in [5.74, 6) is -1.63. The van der Waals surface area contributed by atoms with E-state index < -0.39 is 11.6 Å². The second-order valence-electron chi connectivity index (χ2n) is 3.10. The van der Waals surface area contributed by atoms with Gasteiger partial charge in [0.2, 0.25) is 0 Å². The lowest BCUT2D eigenvalue weighted by Gasteiger charge is -2.05. The molecule has 0 spiro atoms. The summed E-state index contributed by atoms with van der Waals surface area (Å²) in [6.45, 7) is 0. The van der Waals surface area contributed by atoms with Gasteiger partial charge in [0, 0.05) is 11.6 Å². The predicted octanol–water partition coefficient (Wildman–Crippen LogP) is 1.61. The molecule has 0 saturated carbocycles. The molecule has 0 atom stereocenters. The Morgan fingerprint density at radius 3 is 2.62 bits per heavy atom. The van der Waals surface area contributed by atoms with E-state index in [-0.39, 0.29) is 22.3 Å². The van der Waals surface area contributed by atoms with Gasteiger partial charge in [0.1, 0.15) is 17.3 Å². The highest BCUT2D eigenvalue weighted by Crippen LogP contribution is 2.22. The third-order valence-electron chi connectivity index (χ3n) is 2.17. The predicted molar refractivity (Wildman–Crippen MR) is 54.2 cm³/mol. The molecule has 0 fully saturated rings. The molecular formula is C10H7F2N3O. The number of hydrogen-bond acceptors (Lipinski definition) is 3. The maximum absolute atomic E-state index is 13.5. The summed E-state index contributed by atoms with van der Waals surface area (Å²) < 4.78 is 26.9. The minimum Gasteiger partial charge on any atom is -0.409 e. The second-order valence-corrected chi connectivity index (χ2v) is 3.10. The minimum atomic E-state index is -0.675. The van der Waals surface area contributed by atoms with Gasteiger partial charge in [-0.3, -0.25) is 4.98 Å². The summed E-state index contributed by atoms with van der Waals surface area (Å²) in [4.78, 5) is 3.76. The van der Waals surface area contributed by atoms with Crippen LogP contribution in [0.2, 0.25) is 0 Å². The van der Waals surface area contributed by atoms with Crippen molar-refractivity contribution in [2.24, 2.45) is 10.9 Å². The Hall–Kier alpha value is -2.24. The number of benzene rings is 1. The zero-order valence-corrected chi connectivity index (χ0v) is 7.98. The van der Waals surface area contributed by atoms with E-state index in [1.165, 1.54) is 12.3 Å². The molecule has 4 nitrogen and oxygen atoms in total. The molecule has 16 heavy (non-hydrogen) atoms. The van der Waals surface area contributed by atoms with E-state index in [0.717, 1.165) is 12.1 Å². The first kappa shape index (κ1) is 10.3. The molecule has 1 aromatic carbocycles. The lowest BCUT2D eigenvalue weighted by molar-refractivity contribution is 0.318. The van der Waals surface area contributed by atoms with Crippen molar-refractivity contribution in [3.8, 4) is 0 Å². The van der Waals surface area contributed by atoms with Crippen molar-refractivity contribution in [3.05, 3.63) is 41.7 Å². The Labute approximate surface area is 89.0 Å². The summed E-state index contributed by atoms with van der Waals surface area (Å²) >= 11 is 0. The minimum absolute atomic E-state index is 0.0385. The summed E-state index contributed by atoms with van der Waals surface area (Å²) in [6, 6.07) is 3.29. The monoisotopic (exact) mass is 223 g/mol. The highest BCUT2D eigenvalue weighted by Gasteiger charge is 2.13.